The fourth-order valence-corrected chi connectivity index (χ4v) is 5.53. The van der Waals surface area contributed by atoms with E-state index in [-0.39, 0.29) is 12.1 Å². The summed E-state index contributed by atoms with van der Waals surface area (Å²) in [7, 11) is 4.10. The molecular formula is C33H31N5OS. The number of nitrogens with zero attached hydrogens (tertiary/aromatic N) is 4. The number of ether oxygens (including phenoxy) is 1. The highest BCUT2D eigenvalue weighted by molar-refractivity contribution is 7.80. The van der Waals surface area contributed by atoms with Crippen molar-refractivity contribution in [3.05, 3.63) is 132 Å². The van der Waals surface area contributed by atoms with E-state index in [0.717, 1.165) is 45.5 Å². The molecule has 0 bridgehead atoms. The molecule has 3 aromatic carbocycles. The number of hydrogen-bond acceptors (Lipinski definition) is 4. The zero-order valence-corrected chi connectivity index (χ0v) is 23.5. The smallest absolute Gasteiger partial charge is 0.174 e. The summed E-state index contributed by atoms with van der Waals surface area (Å²) in [4.78, 5) is 8.99. The average molecular weight is 546 g/mol. The summed E-state index contributed by atoms with van der Waals surface area (Å²) in [5, 5.41) is 4.22. The van der Waals surface area contributed by atoms with Gasteiger partial charge in [0.05, 0.1) is 11.7 Å². The number of para-hydroxylation sites is 1. The highest BCUT2D eigenvalue weighted by Gasteiger charge is 2.42. The Morgan fingerprint density at radius 1 is 0.825 bits per heavy atom. The Bertz CT molecular complexity index is 1610. The fraction of sp³-hybridized carbons (Fsp3) is 0.152. The monoisotopic (exact) mass is 545 g/mol. The summed E-state index contributed by atoms with van der Waals surface area (Å²) >= 11 is 5.95. The molecule has 0 saturated carbocycles. The molecule has 1 aliphatic heterocycles. The molecule has 0 aliphatic carbocycles. The number of rotatable bonds is 7. The number of aromatic nitrogens is 2. The van der Waals surface area contributed by atoms with Crippen LogP contribution in [0.4, 0.5) is 11.4 Å². The topological polar surface area (TPSA) is 45.6 Å². The summed E-state index contributed by atoms with van der Waals surface area (Å²) in [5.41, 5.74) is 6.36. The van der Waals surface area contributed by atoms with Crippen LogP contribution in [0.2, 0.25) is 0 Å². The number of nitrogens with one attached hydrogen (secondary N) is 1. The van der Waals surface area contributed by atoms with E-state index in [4.69, 9.17) is 21.9 Å². The lowest BCUT2D eigenvalue weighted by molar-refractivity contribution is 0.479. The molecule has 5 aromatic rings. The van der Waals surface area contributed by atoms with E-state index in [2.05, 4.69) is 80.5 Å². The minimum atomic E-state index is -0.133. The quantitative estimate of drug-likeness (QED) is 0.218. The lowest BCUT2D eigenvalue weighted by Crippen LogP contribution is -2.30. The third-order valence-corrected chi connectivity index (χ3v) is 7.58. The second-order valence-corrected chi connectivity index (χ2v) is 10.5. The summed E-state index contributed by atoms with van der Waals surface area (Å²) in [6.07, 6.45) is 3.94. The maximum absolute atomic E-state index is 6.16. The van der Waals surface area contributed by atoms with Crippen molar-refractivity contribution in [2.45, 2.75) is 19.0 Å². The Kier molecular flexibility index (Phi) is 6.97. The third kappa shape index (κ3) is 4.92. The second kappa shape index (κ2) is 10.9. The van der Waals surface area contributed by atoms with Gasteiger partial charge in [-0.1, -0.05) is 24.3 Å². The van der Waals surface area contributed by atoms with Crippen LogP contribution in [0, 0.1) is 6.92 Å². The van der Waals surface area contributed by atoms with E-state index in [1.54, 1.807) is 0 Å². The van der Waals surface area contributed by atoms with Crippen LogP contribution in [0.3, 0.4) is 0 Å². The first-order chi connectivity index (χ1) is 19.5. The van der Waals surface area contributed by atoms with Crippen LogP contribution in [0.5, 0.6) is 11.5 Å². The Morgan fingerprint density at radius 2 is 1.55 bits per heavy atom. The van der Waals surface area contributed by atoms with Gasteiger partial charge in [0.25, 0.3) is 0 Å². The van der Waals surface area contributed by atoms with Crippen molar-refractivity contribution < 1.29 is 4.74 Å². The van der Waals surface area contributed by atoms with Crippen LogP contribution < -0.4 is 19.9 Å². The highest BCUT2D eigenvalue weighted by atomic mass is 32.1. The summed E-state index contributed by atoms with van der Waals surface area (Å²) < 4.78 is 8.40. The van der Waals surface area contributed by atoms with E-state index in [1.807, 2.05) is 75.7 Å². The van der Waals surface area contributed by atoms with E-state index in [1.165, 1.54) is 0 Å². The van der Waals surface area contributed by atoms with Gasteiger partial charge in [0, 0.05) is 49.2 Å². The molecule has 1 aliphatic rings. The number of thiocarbonyl (C=S) groups is 1. The van der Waals surface area contributed by atoms with Crippen LogP contribution >= 0.6 is 12.2 Å². The first kappa shape index (κ1) is 25.6. The van der Waals surface area contributed by atoms with Crippen LogP contribution in [-0.2, 0) is 0 Å². The fourth-order valence-electron chi connectivity index (χ4n) is 5.19. The van der Waals surface area contributed by atoms with Gasteiger partial charge in [-0.05, 0) is 104 Å². The van der Waals surface area contributed by atoms with Crippen LogP contribution in [-0.4, -0.2) is 28.8 Å². The van der Waals surface area contributed by atoms with Crippen molar-refractivity contribution in [2.24, 2.45) is 0 Å². The van der Waals surface area contributed by atoms with Gasteiger partial charge in [-0.15, -0.1) is 0 Å². The molecule has 6 rings (SSSR count). The molecular weight excluding hydrogens is 514 g/mol. The zero-order valence-electron chi connectivity index (χ0n) is 22.7. The van der Waals surface area contributed by atoms with Crippen molar-refractivity contribution in [2.75, 3.05) is 23.9 Å². The predicted molar refractivity (Wildman–Crippen MR) is 166 cm³/mol. The lowest BCUT2D eigenvalue weighted by Gasteiger charge is -2.29. The summed E-state index contributed by atoms with van der Waals surface area (Å²) in [5.74, 6) is 1.62. The number of aryl methyl sites for hydroxylation is 1. The summed E-state index contributed by atoms with van der Waals surface area (Å²) in [6.45, 7) is 2.05. The standard InChI is InChI=1S/C33H31N5OS/c1-23-9-4-5-12-30(23)39-27-19-17-26(18-20-27)38-32(31(35-33(38)40)28-10-6-7-21-34-28)29-11-8-22-37(29)25-15-13-24(14-16-25)36(2)3/h4-22,31-32H,1-3H3,(H,35,40)/t31-,32+/m0/s1. The van der Waals surface area contributed by atoms with Gasteiger partial charge in [-0.3, -0.25) is 4.98 Å². The van der Waals surface area contributed by atoms with E-state index < -0.39 is 0 Å². The average Bonchev–Trinajstić information content (AvgIpc) is 3.59. The molecule has 2 aromatic heterocycles. The lowest BCUT2D eigenvalue weighted by atomic mass is 10.0. The van der Waals surface area contributed by atoms with Gasteiger partial charge in [0.15, 0.2) is 5.11 Å². The predicted octanol–water partition coefficient (Wildman–Crippen LogP) is 7.22. The van der Waals surface area contributed by atoms with Crippen LogP contribution in [0.25, 0.3) is 5.69 Å². The van der Waals surface area contributed by atoms with Gasteiger partial charge in [0.2, 0.25) is 0 Å². The number of anilines is 2. The van der Waals surface area contributed by atoms with Gasteiger partial charge in [-0.25, -0.2) is 0 Å². The molecule has 7 heteroatoms. The Hall–Kier alpha value is -4.62. The van der Waals surface area contributed by atoms with E-state index in [9.17, 15) is 0 Å². The molecule has 1 saturated heterocycles. The maximum atomic E-state index is 6.16. The normalized spacial score (nSPS) is 16.6. The minimum absolute atomic E-state index is 0.130. The molecule has 0 spiro atoms. The van der Waals surface area contributed by atoms with Crippen LogP contribution in [0.15, 0.2) is 116 Å². The highest BCUT2D eigenvalue weighted by Crippen LogP contribution is 2.42. The third-order valence-electron chi connectivity index (χ3n) is 7.26. The molecule has 1 fully saturated rings. The van der Waals surface area contributed by atoms with E-state index >= 15 is 0 Å². The van der Waals surface area contributed by atoms with Gasteiger partial charge in [-0.2, -0.15) is 0 Å². The number of pyridine rings is 1. The maximum Gasteiger partial charge on any atom is 0.174 e. The van der Waals surface area contributed by atoms with Crippen molar-refractivity contribution in [3.63, 3.8) is 0 Å². The van der Waals surface area contributed by atoms with Crippen molar-refractivity contribution in [1.82, 2.24) is 14.9 Å². The zero-order chi connectivity index (χ0) is 27.6. The van der Waals surface area contributed by atoms with Crippen molar-refractivity contribution in [3.8, 4) is 17.2 Å². The Labute approximate surface area is 240 Å². The molecule has 3 heterocycles. The Balaban J connectivity index is 1.39. The second-order valence-electron chi connectivity index (χ2n) is 10.1. The largest absolute Gasteiger partial charge is 0.457 e. The molecule has 0 amide bonds. The summed E-state index contributed by atoms with van der Waals surface area (Å²) in [6, 6.07) is 34.7. The van der Waals surface area contributed by atoms with Gasteiger partial charge < -0.3 is 24.4 Å². The first-order valence-corrected chi connectivity index (χ1v) is 13.7. The van der Waals surface area contributed by atoms with E-state index in [0.29, 0.717) is 5.11 Å². The molecule has 40 heavy (non-hydrogen) atoms. The molecule has 200 valence electrons. The number of benzene rings is 3. The first-order valence-electron chi connectivity index (χ1n) is 13.3. The number of hydrogen-bond donors (Lipinski definition) is 1. The SMILES string of the molecule is Cc1ccccc1Oc1ccc(N2C(=S)N[C@@H](c3ccccn3)[C@H]2c2cccn2-c2ccc(N(C)C)cc2)cc1. The Morgan fingerprint density at radius 3 is 2.25 bits per heavy atom. The molecule has 2 atom stereocenters. The van der Waals surface area contributed by atoms with Crippen LogP contribution in [0.1, 0.15) is 29.0 Å². The van der Waals surface area contributed by atoms with Gasteiger partial charge in [0.1, 0.15) is 17.5 Å². The molecule has 0 radical (unpaired) electrons. The molecule has 1 N–H and O–H groups in total. The molecule has 0 unspecified atom stereocenters. The minimum Gasteiger partial charge on any atom is -0.457 e. The molecule has 6 nitrogen and oxygen atoms in total. The van der Waals surface area contributed by atoms with Crippen molar-refractivity contribution >= 4 is 28.7 Å². The van der Waals surface area contributed by atoms with Gasteiger partial charge >= 0.3 is 0 Å². The van der Waals surface area contributed by atoms with Crippen molar-refractivity contribution in [1.29, 1.82) is 0 Å².